The summed E-state index contributed by atoms with van der Waals surface area (Å²) in [5.41, 5.74) is 0.150. The molecule has 0 aromatic heterocycles. The summed E-state index contributed by atoms with van der Waals surface area (Å²) in [6.45, 7) is -0.408. The molecule has 1 aromatic carbocycles. The Morgan fingerprint density at radius 1 is 1.06 bits per heavy atom. The van der Waals surface area contributed by atoms with Crippen LogP contribution in [0.15, 0.2) is 42.7 Å². The molecule has 0 aliphatic carbocycles. The average Bonchev–Trinajstić information content (AvgIpc) is 2.63. The average molecular weight is 479 g/mol. The minimum atomic E-state index is -6.30. The predicted molar refractivity (Wildman–Crippen MR) is 86.6 cm³/mol. The predicted octanol–water partition coefficient (Wildman–Crippen LogP) is 2.56. The molecule has 0 N–H and O–H groups in total. The Morgan fingerprint density at radius 3 is 2.06 bits per heavy atom. The molecule has 0 saturated heterocycles. The zero-order chi connectivity index (χ0) is 24.1. The fourth-order valence-corrected chi connectivity index (χ4v) is 2.16. The van der Waals surface area contributed by atoms with Gasteiger partial charge in [0.2, 0.25) is 5.83 Å². The first-order chi connectivity index (χ1) is 14.0. The van der Waals surface area contributed by atoms with Gasteiger partial charge in [-0.15, -0.1) is 0 Å². The van der Waals surface area contributed by atoms with Crippen molar-refractivity contribution in [1.82, 2.24) is 0 Å². The van der Waals surface area contributed by atoms with E-state index in [1.165, 1.54) is 30.3 Å². The minimum absolute atomic E-state index is 0.150. The number of carbonyl (C=O) groups excluding carboxylic acids is 2. The maximum absolute atomic E-state index is 13.6. The molecule has 1 aromatic rings. The number of esters is 2. The summed E-state index contributed by atoms with van der Waals surface area (Å²) >= 11 is 0. The third-order valence-corrected chi connectivity index (χ3v) is 4.31. The molecular weight excluding hydrogens is 466 g/mol. The molecule has 0 radical (unpaired) electrons. The first kappa shape index (κ1) is 26.4. The van der Waals surface area contributed by atoms with Crippen molar-refractivity contribution in [2.24, 2.45) is 0 Å². The lowest BCUT2D eigenvalue weighted by Crippen LogP contribution is -2.58. The van der Waals surface area contributed by atoms with E-state index >= 15 is 0 Å². The number of hydrogen-bond acceptors (Lipinski definition) is 8. The van der Waals surface area contributed by atoms with Gasteiger partial charge in [0.05, 0.1) is 6.61 Å². The topological polar surface area (TPSA) is 119 Å². The molecule has 0 spiro atoms. The fraction of sp³-hybridized carbons (Fsp3) is 0.375. The Bertz CT molecular complexity index is 916. The smallest absolute Gasteiger partial charge is 0.468 e. The van der Waals surface area contributed by atoms with Crippen LogP contribution in [0.3, 0.4) is 0 Å². The van der Waals surface area contributed by atoms with Crippen LogP contribution in [0.1, 0.15) is 12.0 Å². The molecule has 15 heteroatoms. The first-order valence-electron chi connectivity index (χ1n) is 7.86. The molecule has 0 bridgehead atoms. The highest BCUT2D eigenvalue weighted by molar-refractivity contribution is 7.86. The van der Waals surface area contributed by atoms with Crippen LogP contribution in [0.2, 0.25) is 0 Å². The molecule has 0 aliphatic heterocycles. The van der Waals surface area contributed by atoms with Gasteiger partial charge < -0.3 is 18.8 Å². The van der Waals surface area contributed by atoms with Crippen molar-refractivity contribution in [2.45, 2.75) is 30.2 Å². The quantitative estimate of drug-likeness (QED) is 0.165. The normalized spacial score (nSPS) is 14.4. The highest BCUT2D eigenvalue weighted by atomic mass is 32.2. The molecule has 0 aliphatic rings. The van der Waals surface area contributed by atoms with Crippen LogP contribution < -0.4 is 0 Å². The maximum Gasteiger partial charge on any atom is 0.468 e. The number of alkyl halides is 5. The lowest BCUT2D eigenvalue weighted by atomic mass is 10.2. The van der Waals surface area contributed by atoms with Gasteiger partial charge in [-0.05, 0) is 5.56 Å². The molecule has 1 unspecified atom stereocenters. The molecule has 8 nitrogen and oxygen atoms in total. The van der Waals surface area contributed by atoms with Crippen molar-refractivity contribution < 1.29 is 63.1 Å². The third-order valence-electron chi connectivity index (χ3n) is 3.38. The summed E-state index contributed by atoms with van der Waals surface area (Å²) in [4.78, 5) is 23.5. The number of ether oxygens (including phenoxy) is 3. The van der Waals surface area contributed by atoms with E-state index in [4.69, 9.17) is 0 Å². The number of benzene rings is 1. The van der Waals surface area contributed by atoms with Crippen LogP contribution in [-0.4, -0.2) is 48.7 Å². The Kier molecular flexibility index (Phi) is 8.22. The fourth-order valence-electron chi connectivity index (χ4n) is 1.83. The Labute approximate surface area is 171 Å². The van der Waals surface area contributed by atoms with Gasteiger partial charge in [-0.25, -0.2) is 18.0 Å². The van der Waals surface area contributed by atoms with Gasteiger partial charge in [0, 0.05) is 6.42 Å². The second kappa shape index (κ2) is 9.65. The molecule has 0 fully saturated rings. The summed E-state index contributed by atoms with van der Waals surface area (Å²) < 4.78 is 124. The molecule has 1 rings (SSSR count). The van der Waals surface area contributed by atoms with E-state index in [1.54, 1.807) is 0 Å². The van der Waals surface area contributed by atoms with Gasteiger partial charge in [0.25, 0.3) is 0 Å². The van der Waals surface area contributed by atoms with E-state index < -0.39 is 64.7 Å². The van der Waals surface area contributed by atoms with Crippen LogP contribution in [0.25, 0.3) is 0 Å². The zero-order valence-corrected chi connectivity index (χ0v) is 16.0. The summed E-state index contributed by atoms with van der Waals surface area (Å²) in [5, 5.41) is -5.09. The Balaban J connectivity index is 3.22. The first-order valence-corrected chi connectivity index (χ1v) is 9.27. The Morgan fingerprint density at radius 2 is 1.61 bits per heavy atom. The minimum Gasteiger partial charge on any atom is -0.743 e. The summed E-state index contributed by atoms with van der Waals surface area (Å²) in [6, 6.07) is 7.01. The number of halogens is 6. The highest BCUT2D eigenvalue weighted by Crippen LogP contribution is 2.38. The van der Waals surface area contributed by atoms with Crippen molar-refractivity contribution in [3.05, 3.63) is 48.3 Å². The third kappa shape index (κ3) is 6.67. The lowest BCUT2D eigenvalue weighted by Gasteiger charge is -2.32. The van der Waals surface area contributed by atoms with Crippen LogP contribution in [0.4, 0.5) is 26.3 Å². The van der Waals surface area contributed by atoms with Gasteiger partial charge in [-0.2, -0.15) is 26.3 Å². The molecule has 174 valence electrons. The van der Waals surface area contributed by atoms with Gasteiger partial charge in [-0.3, -0.25) is 0 Å². The zero-order valence-electron chi connectivity index (χ0n) is 15.2. The number of carbonyl (C=O) groups is 2. The number of rotatable bonds is 10. The molecule has 0 heterocycles. The molecule has 1 atom stereocenters. The molecular formula is C16H13F6O8S-. The van der Waals surface area contributed by atoms with Crippen molar-refractivity contribution in [1.29, 1.82) is 0 Å². The van der Waals surface area contributed by atoms with Crippen molar-refractivity contribution in [3.8, 4) is 0 Å². The monoisotopic (exact) mass is 479 g/mol. The van der Waals surface area contributed by atoms with Crippen LogP contribution in [-0.2, 0) is 40.5 Å². The largest absolute Gasteiger partial charge is 0.743 e. The summed E-state index contributed by atoms with van der Waals surface area (Å²) in [5.74, 6) is -11.8. The lowest BCUT2D eigenvalue weighted by molar-refractivity contribution is -0.356. The van der Waals surface area contributed by atoms with E-state index in [1.807, 2.05) is 0 Å². The van der Waals surface area contributed by atoms with E-state index in [9.17, 15) is 48.9 Å². The molecule has 31 heavy (non-hydrogen) atoms. The van der Waals surface area contributed by atoms with Crippen molar-refractivity contribution >= 4 is 22.1 Å². The van der Waals surface area contributed by atoms with E-state index in [2.05, 4.69) is 20.8 Å². The Hall–Kier alpha value is -2.65. The molecule has 0 amide bonds. The second-order valence-electron chi connectivity index (χ2n) is 5.66. The maximum atomic E-state index is 13.6. The number of hydrogen-bond donors (Lipinski definition) is 0. The summed E-state index contributed by atoms with van der Waals surface area (Å²) in [6.07, 6.45) is -8.17. The van der Waals surface area contributed by atoms with Crippen LogP contribution >= 0.6 is 0 Å². The van der Waals surface area contributed by atoms with Gasteiger partial charge in [-0.1, -0.05) is 36.9 Å². The van der Waals surface area contributed by atoms with Crippen molar-refractivity contribution in [2.75, 3.05) is 6.61 Å². The van der Waals surface area contributed by atoms with Crippen LogP contribution in [0.5, 0.6) is 0 Å². The van der Waals surface area contributed by atoms with E-state index in [-0.39, 0.29) is 5.56 Å². The van der Waals surface area contributed by atoms with E-state index in [0.717, 1.165) is 0 Å². The van der Waals surface area contributed by atoms with E-state index in [0.29, 0.717) is 0 Å². The SMILES string of the molecule is C=C(F)C(=O)OC(OCCC(F)(F)S(=O)(=O)[O-])(C(=O)OCc1ccccc1)C(F)(F)F. The standard InChI is InChI=1S/C16H14F6O8S/c1-10(17)12(23)30-15(16(20,21)22,29-8-7-14(18,19)31(25,26)27)13(24)28-9-11-5-3-2-4-6-11/h2-6H,1,7-9H2,(H,25,26,27)/p-1. The summed E-state index contributed by atoms with van der Waals surface area (Å²) in [7, 11) is -6.30. The molecule has 0 saturated carbocycles. The highest BCUT2D eigenvalue weighted by Gasteiger charge is 2.68. The van der Waals surface area contributed by atoms with Gasteiger partial charge >= 0.3 is 29.2 Å². The second-order valence-corrected chi connectivity index (χ2v) is 7.17. The van der Waals surface area contributed by atoms with Crippen LogP contribution in [0, 0.1) is 0 Å². The van der Waals surface area contributed by atoms with Gasteiger partial charge in [0.1, 0.15) is 6.61 Å². The van der Waals surface area contributed by atoms with Gasteiger partial charge in [0.15, 0.2) is 10.1 Å². The van der Waals surface area contributed by atoms with Crippen molar-refractivity contribution in [3.63, 3.8) is 0 Å².